The van der Waals surface area contributed by atoms with Crippen LogP contribution < -0.4 is 9.47 Å². The van der Waals surface area contributed by atoms with E-state index >= 15 is 0 Å². The van der Waals surface area contributed by atoms with Crippen LogP contribution in [-0.2, 0) is 14.3 Å². The second kappa shape index (κ2) is 9.22. The van der Waals surface area contributed by atoms with E-state index in [1.807, 2.05) is 0 Å². The molecule has 0 unspecified atom stereocenters. The summed E-state index contributed by atoms with van der Waals surface area (Å²) in [6.45, 7) is 11.0. The van der Waals surface area contributed by atoms with Gasteiger partial charge in [-0.15, -0.1) is 0 Å². The van der Waals surface area contributed by atoms with E-state index in [9.17, 15) is 9.59 Å². The van der Waals surface area contributed by atoms with Crippen molar-refractivity contribution in [2.75, 3.05) is 6.61 Å². The largest absolute Gasteiger partial charge is 0.493 e. The lowest BCUT2D eigenvalue weighted by atomic mass is 9.88. The lowest BCUT2D eigenvalue weighted by Gasteiger charge is -2.28. The summed E-state index contributed by atoms with van der Waals surface area (Å²) in [5.74, 6) is 0.886. The number of esters is 2. The van der Waals surface area contributed by atoms with E-state index in [1.165, 1.54) is 0 Å². The van der Waals surface area contributed by atoms with Crippen LogP contribution in [0, 0.1) is 5.92 Å². The molecule has 0 atom stereocenters. The lowest BCUT2D eigenvalue weighted by molar-refractivity contribution is -0.146. The van der Waals surface area contributed by atoms with E-state index in [4.69, 9.17) is 14.2 Å². The molecule has 1 fully saturated rings. The molecule has 1 aromatic rings. The van der Waals surface area contributed by atoms with Gasteiger partial charge in [0.2, 0.25) is 0 Å². The molecular weight excluding hydrogens is 332 g/mol. The fourth-order valence-corrected chi connectivity index (χ4v) is 2.68. The Bertz CT molecular complexity index is 666. The van der Waals surface area contributed by atoms with Gasteiger partial charge in [-0.05, 0) is 69.7 Å². The smallest absolute Gasteiger partial charge is 0.338 e. The standard InChI is InChI=1S/C21H26O5/c1-14(2)20(22)25-18-7-5-16(6-8-18)13-24-17-9-11-19(12-10-17)26-21(23)15(3)4/h9-12,16,18H,1,3,5-8,13H2,2,4H3. The fourth-order valence-electron chi connectivity index (χ4n) is 2.68. The zero-order chi connectivity index (χ0) is 19.1. The zero-order valence-electron chi connectivity index (χ0n) is 15.5. The van der Waals surface area contributed by atoms with E-state index in [0.717, 1.165) is 31.4 Å². The predicted molar refractivity (Wildman–Crippen MR) is 99.0 cm³/mol. The molecule has 0 N–H and O–H groups in total. The first-order valence-electron chi connectivity index (χ1n) is 8.82. The van der Waals surface area contributed by atoms with Gasteiger partial charge < -0.3 is 14.2 Å². The van der Waals surface area contributed by atoms with Crippen molar-refractivity contribution >= 4 is 11.9 Å². The molecule has 0 spiro atoms. The maximum Gasteiger partial charge on any atom is 0.338 e. The van der Waals surface area contributed by atoms with E-state index in [2.05, 4.69) is 13.2 Å². The Balaban J connectivity index is 1.73. The van der Waals surface area contributed by atoms with Crippen molar-refractivity contribution in [3.8, 4) is 11.5 Å². The van der Waals surface area contributed by atoms with Crippen LogP contribution in [0.4, 0.5) is 0 Å². The number of carbonyl (C=O) groups is 2. The van der Waals surface area contributed by atoms with Crippen LogP contribution in [0.5, 0.6) is 11.5 Å². The predicted octanol–water partition coefficient (Wildman–Crippen LogP) is 4.23. The van der Waals surface area contributed by atoms with Gasteiger partial charge in [-0.2, -0.15) is 0 Å². The summed E-state index contributed by atoms with van der Waals surface area (Å²) in [5, 5.41) is 0. The van der Waals surface area contributed by atoms with E-state index in [1.54, 1.807) is 38.1 Å². The topological polar surface area (TPSA) is 61.8 Å². The van der Waals surface area contributed by atoms with Crippen molar-refractivity contribution in [3.63, 3.8) is 0 Å². The Morgan fingerprint density at radius 2 is 1.46 bits per heavy atom. The Morgan fingerprint density at radius 1 is 0.923 bits per heavy atom. The summed E-state index contributed by atoms with van der Waals surface area (Å²) in [4.78, 5) is 23.0. The highest BCUT2D eigenvalue weighted by atomic mass is 16.5. The molecule has 0 heterocycles. The first-order chi connectivity index (χ1) is 12.3. The van der Waals surface area contributed by atoms with Gasteiger partial charge in [0.05, 0.1) is 6.61 Å². The first-order valence-corrected chi connectivity index (χ1v) is 8.82. The summed E-state index contributed by atoms with van der Waals surface area (Å²) >= 11 is 0. The number of carbonyl (C=O) groups excluding carboxylic acids is 2. The van der Waals surface area contributed by atoms with Crippen LogP contribution in [0.2, 0.25) is 0 Å². The molecule has 0 amide bonds. The molecule has 2 rings (SSSR count). The minimum Gasteiger partial charge on any atom is -0.493 e. The SMILES string of the molecule is C=C(C)C(=O)Oc1ccc(OCC2CCC(OC(=O)C(=C)C)CC2)cc1. The summed E-state index contributed by atoms with van der Waals surface area (Å²) < 4.78 is 16.4. The highest BCUT2D eigenvalue weighted by molar-refractivity contribution is 5.88. The third-order valence-corrected chi connectivity index (χ3v) is 4.28. The van der Waals surface area contributed by atoms with Crippen molar-refractivity contribution in [1.82, 2.24) is 0 Å². The van der Waals surface area contributed by atoms with Gasteiger partial charge in [-0.25, -0.2) is 9.59 Å². The van der Waals surface area contributed by atoms with E-state index < -0.39 is 5.97 Å². The van der Waals surface area contributed by atoms with Gasteiger partial charge in [0, 0.05) is 11.1 Å². The van der Waals surface area contributed by atoms with Gasteiger partial charge in [0.1, 0.15) is 17.6 Å². The van der Waals surface area contributed by atoms with Crippen molar-refractivity contribution in [2.24, 2.45) is 5.92 Å². The van der Waals surface area contributed by atoms with Crippen molar-refractivity contribution in [1.29, 1.82) is 0 Å². The summed E-state index contributed by atoms with van der Waals surface area (Å²) in [5.41, 5.74) is 0.794. The van der Waals surface area contributed by atoms with Crippen LogP contribution in [-0.4, -0.2) is 24.6 Å². The summed E-state index contributed by atoms with van der Waals surface area (Å²) in [6.07, 6.45) is 3.61. The highest BCUT2D eigenvalue weighted by Gasteiger charge is 2.24. The van der Waals surface area contributed by atoms with Crippen LogP contribution in [0.3, 0.4) is 0 Å². The molecule has 26 heavy (non-hydrogen) atoms. The van der Waals surface area contributed by atoms with Gasteiger partial charge in [0.15, 0.2) is 0 Å². The molecule has 1 aliphatic carbocycles. The van der Waals surface area contributed by atoms with Crippen LogP contribution in [0.25, 0.3) is 0 Å². The minimum atomic E-state index is -0.442. The van der Waals surface area contributed by atoms with E-state index in [-0.39, 0.29) is 12.1 Å². The number of hydrogen-bond acceptors (Lipinski definition) is 5. The Hall–Kier alpha value is -2.56. The Morgan fingerprint density at radius 3 is 2.00 bits per heavy atom. The quantitative estimate of drug-likeness (QED) is 0.415. The van der Waals surface area contributed by atoms with Crippen LogP contribution in [0.15, 0.2) is 48.6 Å². The summed E-state index contributed by atoms with van der Waals surface area (Å²) in [6, 6.07) is 6.96. The second-order valence-corrected chi connectivity index (χ2v) is 6.78. The zero-order valence-corrected chi connectivity index (χ0v) is 15.5. The number of ether oxygens (including phenoxy) is 3. The van der Waals surface area contributed by atoms with Gasteiger partial charge in [-0.1, -0.05) is 13.2 Å². The van der Waals surface area contributed by atoms with Gasteiger partial charge >= 0.3 is 11.9 Å². The lowest BCUT2D eigenvalue weighted by Crippen LogP contribution is -2.27. The average Bonchev–Trinajstić information content (AvgIpc) is 2.62. The fraction of sp³-hybridized carbons (Fsp3) is 0.429. The molecule has 0 radical (unpaired) electrons. The molecule has 5 nitrogen and oxygen atoms in total. The maximum atomic E-state index is 11.6. The Kier molecular flexibility index (Phi) is 7.01. The van der Waals surface area contributed by atoms with Crippen LogP contribution >= 0.6 is 0 Å². The van der Waals surface area contributed by atoms with Gasteiger partial charge in [-0.3, -0.25) is 0 Å². The minimum absolute atomic E-state index is 0.0160. The molecule has 1 aliphatic rings. The Labute approximate surface area is 154 Å². The molecule has 0 aromatic heterocycles. The van der Waals surface area contributed by atoms with Crippen molar-refractivity contribution < 1.29 is 23.8 Å². The number of benzene rings is 1. The monoisotopic (exact) mass is 358 g/mol. The molecule has 0 saturated heterocycles. The number of rotatable bonds is 7. The third-order valence-electron chi connectivity index (χ3n) is 4.28. The van der Waals surface area contributed by atoms with E-state index in [0.29, 0.717) is 29.4 Å². The normalized spacial score (nSPS) is 19.3. The molecule has 5 heteroatoms. The molecule has 1 aromatic carbocycles. The molecule has 1 saturated carbocycles. The average molecular weight is 358 g/mol. The third kappa shape index (κ3) is 6.06. The van der Waals surface area contributed by atoms with Crippen molar-refractivity contribution in [3.05, 3.63) is 48.6 Å². The second-order valence-electron chi connectivity index (χ2n) is 6.78. The summed E-state index contributed by atoms with van der Waals surface area (Å²) in [7, 11) is 0. The van der Waals surface area contributed by atoms with Crippen molar-refractivity contribution in [2.45, 2.75) is 45.6 Å². The molecule has 140 valence electrons. The molecule has 0 aliphatic heterocycles. The molecular formula is C21H26O5. The first kappa shape index (κ1) is 19.8. The van der Waals surface area contributed by atoms with Crippen LogP contribution in [0.1, 0.15) is 39.5 Å². The molecule has 0 bridgehead atoms. The maximum absolute atomic E-state index is 11.6. The van der Waals surface area contributed by atoms with Gasteiger partial charge in [0.25, 0.3) is 0 Å². The highest BCUT2D eigenvalue weighted by Crippen LogP contribution is 2.28. The number of hydrogen-bond donors (Lipinski definition) is 0.